The lowest BCUT2D eigenvalue weighted by Crippen LogP contribution is -2.17. The fraction of sp³-hybridized carbons (Fsp3) is 0.0500. The number of hydrogen-bond donors (Lipinski definition) is 1. The predicted molar refractivity (Wildman–Crippen MR) is 111 cm³/mol. The van der Waals surface area contributed by atoms with E-state index in [1.54, 1.807) is 53.5 Å². The number of aromatic nitrogens is 2. The largest absolute Gasteiger partial charge is 0.276 e. The molecule has 3 aromatic rings. The molecule has 3 rings (SSSR count). The Morgan fingerprint density at radius 3 is 2.69 bits per heavy atom. The number of rotatable bonds is 7. The highest BCUT2D eigenvalue weighted by Crippen LogP contribution is 2.18. The van der Waals surface area contributed by atoms with Gasteiger partial charge in [-0.2, -0.15) is 10.2 Å². The first-order valence-electron chi connectivity index (χ1n) is 8.53. The Morgan fingerprint density at radius 2 is 2.00 bits per heavy atom. The molecule has 0 fully saturated rings. The van der Waals surface area contributed by atoms with Crippen LogP contribution >= 0.6 is 11.6 Å². The molecule has 0 saturated carbocycles. The highest BCUT2D eigenvalue weighted by molar-refractivity contribution is 6.30. The molecule has 29 heavy (non-hydrogen) atoms. The minimum atomic E-state index is -0.455. The van der Waals surface area contributed by atoms with Crippen LogP contribution in [0.5, 0.6) is 0 Å². The second-order valence-electron chi connectivity index (χ2n) is 5.95. The second-order valence-corrected chi connectivity index (χ2v) is 6.38. The second kappa shape index (κ2) is 9.43. The SMILES string of the molecule is O=C(N/N=C\C=C\c1ccccc1[N+](=O)[O-])c1ccc(Cn2cc(Cl)cn2)cc1. The number of nitrogens with zero attached hydrogens (tertiary/aromatic N) is 4. The average molecular weight is 410 g/mol. The molecule has 0 radical (unpaired) electrons. The van der Waals surface area contributed by atoms with Crippen molar-refractivity contribution in [1.29, 1.82) is 0 Å². The molecule has 0 unspecified atom stereocenters. The molecule has 8 nitrogen and oxygen atoms in total. The molecule has 1 aromatic heterocycles. The van der Waals surface area contributed by atoms with Crippen molar-refractivity contribution in [3.8, 4) is 0 Å². The van der Waals surface area contributed by atoms with Crippen molar-refractivity contribution in [3.05, 3.63) is 98.8 Å². The van der Waals surface area contributed by atoms with E-state index in [0.29, 0.717) is 22.7 Å². The quantitative estimate of drug-likeness (QED) is 0.363. The molecule has 1 N–H and O–H groups in total. The lowest BCUT2D eigenvalue weighted by atomic mass is 10.1. The zero-order chi connectivity index (χ0) is 20.6. The summed E-state index contributed by atoms with van der Waals surface area (Å²) >= 11 is 5.84. The van der Waals surface area contributed by atoms with E-state index < -0.39 is 4.92 Å². The van der Waals surface area contributed by atoms with Crippen LogP contribution in [-0.2, 0) is 6.54 Å². The Hall–Kier alpha value is -3.78. The van der Waals surface area contributed by atoms with Crippen molar-refractivity contribution in [2.45, 2.75) is 6.54 Å². The van der Waals surface area contributed by atoms with E-state index in [2.05, 4.69) is 15.6 Å². The Kier molecular flexibility index (Phi) is 6.49. The fourth-order valence-electron chi connectivity index (χ4n) is 2.52. The van der Waals surface area contributed by atoms with Gasteiger partial charge in [0.15, 0.2) is 0 Å². The maximum absolute atomic E-state index is 12.1. The molecule has 0 bridgehead atoms. The standard InChI is InChI=1S/C20H16ClN5O3/c21-18-12-23-25(14-18)13-15-7-9-17(10-8-15)20(27)24-22-11-3-5-16-4-1-2-6-19(16)26(28)29/h1-12,14H,13H2,(H,24,27)/b5-3+,22-11-. The number of hydrazone groups is 1. The van der Waals surface area contributed by atoms with Crippen molar-refractivity contribution in [1.82, 2.24) is 15.2 Å². The molecule has 146 valence electrons. The highest BCUT2D eigenvalue weighted by atomic mass is 35.5. The monoisotopic (exact) mass is 409 g/mol. The van der Waals surface area contributed by atoms with E-state index >= 15 is 0 Å². The van der Waals surface area contributed by atoms with E-state index in [9.17, 15) is 14.9 Å². The number of hydrogen-bond acceptors (Lipinski definition) is 5. The predicted octanol–water partition coefficient (Wildman–Crippen LogP) is 3.92. The van der Waals surface area contributed by atoms with E-state index in [-0.39, 0.29) is 11.6 Å². The minimum Gasteiger partial charge on any atom is -0.267 e. The van der Waals surface area contributed by atoms with Crippen molar-refractivity contribution >= 4 is 35.5 Å². The summed E-state index contributed by atoms with van der Waals surface area (Å²) in [7, 11) is 0. The number of para-hydroxylation sites is 1. The third kappa shape index (κ3) is 5.60. The topological polar surface area (TPSA) is 102 Å². The zero-order valence-electron chi connectivity index (χ0n) is 15.1. The first-order valence-corrected chi connectivity index (χ1v) is 8.91. The number of carbonyl (C=O) groups is 1. The van der Waals surface area contributed by atoms with Crippen LogP contribution in [0.4, 0.5) is 5.69 Å². The van der Waals surface area contributed by atoms with Crippen molar-refractivity contribution in [3.63, 3.8) is 0 Å². The molecule has 2 aromatic carbocycles. The maximum Gasteiger partial charge on any atom is 0.276 e. The molecule has 1 amide bonds. The van der Waals surface area contributed by atoms with Crippen molar-refractivity contribution < 1.29 is 9.72 Å². The smallest absolute Gasteiger partial charge is 0.267 e. The van der Waals surface area contributed by atoms with Gasteiger partial charge in [-0.25, -0.2) is 5.43 Å². The summed E-state index contributed by atoms with van der Waals surface area (Å²) in [6.45, 7) is 0.545. The molecular weight excluding hydrogens is 394 g/mol. The van der Waals surface area contributed by atoms with Crippen LogP contribution in [0, 0.1) is 10.1 Å². The number of halogens is 1. The molecular formula is C20H16ClN5O3. The number of carbonyl (C=O) groups excluding carboxylic acids is 1. The van der Waals surface area contributed by atoms with Crippen LogP contribution in [0.25, 0.3) is 6.08 Å². The summed E-state index contributed by atoms with van der Waals surface area (Å²) in [5, 5.41) is 19.4. The molecule has 0 aliphatic rings. The van der Waals surface area contributed by atoms with Gasteiger partial charge < -0.3 is 0 Å². The number of nitrogens with one attached hydrogen (secondary N) is 1. The van der Waals surface area contributed by atoms with E-state index in [0.717, 1.165) is 5.56 Å². The summed E-state index contributed by atoms with van der Waals surface area (Å²) < 4.78 is 1.70. The lowest BCUT2D eigenvalue weighted by Gasteiger charge is -2.04. The maximum atomic E-state index is 12.1. The third-order valence-electron chi connectivity index (χ3n) is 3.90. The number of amides is 1. The van der Waals surface area contributed by atoms with Gasteiger partial charge in [-0.3, -0.25) is 19.6 Å². The molecule has 0 spiro atoms. The van der Waals surface area contributed by atoms with Gasteiger partial charge in [0, 0.05) is 24.0 Å². The first kappa shape index (κ1) is 20.0. The first-order chi connectivity index (χ1) is 14.0. The van der Waals surface area contributed by atoms with Crippen molar-refractivity contribution in [2.75, 3.05) is 0 Å². The normalized spacial score (nSPS) is 11.2. The third-order valence-corrected chi connectivity index (χ3v) is 4.09. The van der Waals surface area contributed by atoms with Gasteiger partial charge in [0.25, 0.3) is 11.6 Å². The van der Waals surface area contributed by atoms with Gasteiger partial charge >= 0.3 is 0 Å². The van der Waals surface area contributed by atoms with Gasteiger partial charge in [0.2, 0.25) is 0 Å². The van der Waals surface area contributed by atoms with E-state index in [4.69, 9.17) is 11.6 Å². The zero-order valence-corrected chi connectivity index (χ0v) is 15.9. The Bertz CT molecular complexity index is 1070. The van der Waals surface area contributed by atoms with Gasteiger partial charge in [-0.05, 0) is 35.9 Å². The Balaban J connectivity index is 1.54. The molecule has 1 heterocycles. The van der Waals surface area contributed by atoms with Crippen LogP contribution in [0.3, 0.4) is 0 Å². The molecule has 0 aliphatic heterocycles. The highest BCUT2D eigenvalue weighted by Gasteiger charge is 2.08. The molecule has 0 atom stereocenters. The fourth-order valence-corrected chi connectivity index (χ4v) is 2.67. The number of benzene rings is 2. The lowest BCUT2D eigenvalue weighted by molar-refractivity contribution is -0.385. The molecule has 0 saturated heterocycles. The van der Waals surface area contributed by atoms with E-state index in [1.807, 2.05) is 12.1 Å². The van der Waals surface area contributed by atoms with Crippen LogP contribution < -0.4 is 5.43 Å². The molecule has 9 heteroatoms. The van der Waals surface area contributed by atoms with Crippen LogP contribution in [0.2, 0.25) is 5.02 Å². The van der Waals surface area contributed by atoms with Gasteiger partial charge in [-0.15, -0.1) is 0 Å². The van der Waals surface area contributed by atoms with Gasteiger partial charge in [0.05, 0.1) is 28.3 Å². The minimum absolute atomic E-state index is 0.00124. The Morgan fingerprint density at radius 1 is 1.24 bits per heavy atom. The van der Waals surface area contributed by atoms with Crippen LogP contribution in [-0.4, -0.2) is 26.8 Å². The number of allylic oxidation sites excluding steroid dienone is 1. The Labute approximate surface area is 171 Å². The summed E-state index contributed by atoms with van der Waals surface area (Å²) in [6.07, 6.45) is 7.69. The summed E-state index contributed by atoms with van der Waals surface area (Å²) in [5.74, 6) is -0.367. The van der Waals surface area contributed by atoms with E-state index in [1.165, 1.54) is 18.4 Å². The summed E-state index contributed by atoms with van der Waals surface area (Å²) in [4.78, 5) is 22.6. The summed E-state index contributed by atoms with van der Waals surface area (Å²) in [6, 6.07) is 13.4. The number of nitro benzene ring substituents is 1. The van der Waals surface area contributed by atoms with Crippen LogP contribution in [0.15, 0.2) is 72.1 Å². The van der Waals surface area contributed by atoms with Crippen molar-refractivity contribution in [2.24, 2.45) is 5.10 Å². The molecule has 0 aliphatic carbocycles. The van der Waals surface area contributed by atoms with Crippen LogP contribution in [0.1, 0.15) is 21.5 Å². The average Bonchev–Trinajstić information content (AvgIpc) is 3.13. The van der Waals surface area contributed by atoms with Gasteiger partial charge in [-0.1, -0.05) is 35.9 Å². The van der Waals surface area contributed by atoms with Gasteiger partial charge in [0.1, 0.15) is 0 Å². The summed E-state index contributed by atoms with van der Waals surface area (Å²) in [5.41, 5.74) is 4.27. The number of nitro groups is 1.